The van der Waals surface area contributed by atoms with Gasteiger partial charge in [0.25, 0.3) is 0 Å². The van der Waals surface area contributed by atoms with Crippen LogP contribution in [0.15, 0.2) is 121 Å². The van der Waals surface area contributed by atoms with E-state index in [0.29, 0.717) is 12.3 Å². The van der Waals surface area contributed by atoms with Crippen molar-refractivity contribution >= 4 is 5.91 Å². The molecule has 1 saturated heterocycles. The lowest BCUT2D eigenvalue weighted by Gasteiger charge is -2.29. The number of nitrogens with one attached hydrogen (secondary N) is 1. The number of likely N-dealkylation sites (tertiary alicyclic amines) is 1. The molecule has 0 saturated carbocycles. The summed E-state index contributed by atoms with van der Waals surface area (Å²) in [6.45, 7) is 2.74. The molecule has 0 aliphatic carbocycles. The maximum atomic E-state index is 13.1. The van der Waals surface area contributed by atoms with Crippen LogP contribution in [0.3, 0.4) is 0 Å². The first kappa shape index (κ1) is 24.0. The number of amides is 1. The Morgan fingerprint density at radius 2 is 1.14 bits per heavy atom. The molecule has 3 heteroatoms. The molecule has 4 aromatic carbocycles. The maximum Gasteiger partial charge on any atom is 0.220 e. The van der Waals surface area contributed by atoms with E-state index in [4.69, 9.17) is 0 Å². The van der Waals surface area contributed by atoms with E-state index in [0.717, 1.165) is 26.1 Å². The highest BCUT2D eigenvalue weighted by atomic mass is 16.1. The van der Waals surface area contributed by atoms with E-state index in [1.165, 1.54) is 22.3 Å². The highest BCUT2D eigenvalue weighted by Gasteiger charge is 2.30. The zero-order chi connectivity index (χ0) is 24.6. The number of carbonyl (C=O) groups is 1. The third-order valence-electron chi connectivity index (χ3n) is 7.29. The Morgan fingerprint density at radius 3 is 1.61 bits per heavy atom. The second-order valence-corrected chi connectivity index (χ2v) is 9.76. The van der Waals surface area contributed by atoms with Gasteiger partial charge in [-0.05, 0) is 41.1 Å². The van der Waals surface area contributed by atoms with Crippen LogP contribution < -0.4 is 5.32 Å². The molecule has 3 nitrogen and oxygen atoms in total. The Kier molecular flexibility index (Phi) is 7.89. The fourth-order valence-electron chi connectivity index (χ4n) is 5.46. The van der Waals surface area contributed by atoms with Crippen molar-refractivity contribution in [3.8, 4) is 0 Å². The quantitative estimate of drug-likeness (QED) is 0.303. The molecule has 1 N–H and O–H groups in total. The van der Waals surface area contributed by atoms with E-state index in [2.05, 4.69) is 95.1 Å². The van der Waals surface area contributed by atoms with Gasteiger partial charge in [0.15, 0.2) is 0 Å². The van der Waals surface area contributed by atoms with Crippen molar-refractivity contribution in [1.29, 1.82) is 0 Å². The van der Waals surface area contributed by atoms with Gasteiger partial charge >= 0.3 is 0 Å². The Bertz CT molecular complexity index is 1130. The largest absolute Gasteiger partial charge is 0.356 e. The second kappa shape index (κ2) is 11.8. The van der Waals surface area contributed by atoms with E-state index in [9.17, 15) is 4.79 Å². The number of hydrogen-bond donors (Lipinski definition) is 1. The summed E-state index contributed by atoms with van der Waals surface area (Å²) >= 11 is 0. The molecule has 1 heterocycles. The molecule has 5 rings (SSSR count). The Labute approximate surface area is 214 Å². The number of carbonyl (C=O) groups excluding carboxylic acids is 1. The van der Waals surface area contributed by atoms with E-state index in [-0.39, 0.29) is 17.9 Å². The number of hydrogen-bond acceptors (Lipinski definition) is 2. The number of rotatable bonds is 9. The Morgan fingerprint density at radius 1 is 0.694 bits per heavy atom. The summed E-state index contributed by atoms with van der Waals surface area (Å²) in [5.41, 5.74) is 5.00. The van der Waals surface area contributed by atoms with Crippen LogP contribution in [0.1, 0.15) is 47.1 Å². The van der Waals surface area contributed by atoms with Crippen LogP contribution >= 0.6 is 0 Å². The molecular weight excluding hydrogens is 440 g/mol. The van der Waals surface area contributed by atoms with E-state index in [1.54, 1.807) is 0 Å². The van der Waals surface area contributed by atoms with Gasteiger partial charge in [-0.15, -0.1) is 0 Å². The lowest BCUT2D eigenvalue weighted by atomic mass is 9.88. The molecule has 182 valence electrons. The first-order valence-electron chi connectivity index (χ1n) is 13.0. The van der Waals surface area contributed by atoms with E-state index < -0.39 is 0 Å². The number of nitrogens with zero attached hydrogens (tertiary/aromatic N) is 1. The summed E-state index contributed by atoms with van der Waals surface area (Å²) in [6.07, 6.45) is 1.55. The van der Waals surface area contributed by atoms with Crippen LogP contribution in [0.5, 0.6) is 0 Å². The van der Waals surface area contributed by atoms with Gasteiger partial charge in [-0.25, -0.2) is 0 Å². The molecule has 1 aliphatic rings. The summed E-state index contributed by atoms with van der Waals surface area (Å²) in [6, 6.07) is 42.5. The Balaban J connectivity index is 1.22. The van der Waals surface area contributed by atoms with Gasteiger partial charge in [-0.1, -0.05) is 121 Å². The average Bonchev–Trinajstić information content (AvgIpc) is 3.41. The summed E-state index contributed by atoms with van der Waals surface area (Å²) in [5, 5.41) is 3.27. The van der Waals surface area contributed by atoms with Crippen molar-refractivity contribution in [2.75, 3.05) is 19.6 Å². The summed E-state index contributed by atoms with van der Waals surface area (Å²) in [7, 11) is 0. The molecule has 1 aliphatic heterocycles. The molecular formula is C33H34N2O. The van der Waals surface area contributed by atoms with Crippen LogP contribution in [0, 0.1) is 5.92 Å². The summed E-state index contributed by atoms with van der Waals surface area (Å²) in [5.74, 6) is 0.637. The predicted molar refractivity (Wildman–Crippen MR) is 147 cm³/mol. The highest BCUT2D eigenvalue weighted by molar-refractivity contribution is 5.77. The first-order chi connectivity index (χ1) is 17.8. The standard InChI is InChI=1S/C33H34N2O/c36-32(23-31(27-13-5-1-6-14-27)28-15-7-2-8-16-28)34-24-26-21-22-35(25-26)33(29-17-9-3-10-18-29)30-19-11-4-12-20-30/h1-20,26,31,33H,21-25H2,(H,34,36). The fraction of sp³-hybridized carbons (Fsp3) is 0.242. The molecule has 1 fully saturated rings. The zero-order valence-corrected chi connectivity index (χ0v) is 20.7. The van der Waals surface area contributed by atoms with Crippen molar-refractivity contribution in [3.63, 3.8) is 0 Å². The molecule has 0 spiro atoms. The zero-order valence-electron chi connectivity index (χ0n) is 20.7. The van der Waals surface area contributed by atoms with Gasteiger partial charge in [0, 0.05) is 25.4 Å². The minimum absolute atomic E-state index is 0.0630. The van der Waals surface area contributed by atoms with Gasteiger partial charge < -0.3 is 5.32 Å². The molecule has 4 aromatic rings. The molecule has 0 aromatic heterocycles. The SMILES string of the molecule is O=C(CC(c1ccccc1)c1ccccc1)NCC1CCN(C(c2ccccc2)c2ccccc2)C1. The monoisotopic (exact) mass is 474 g/mol. The van der Waals surface area contributed by atoms with Crippen LogP contribution in [-0.2, 0) is 4.79 Å². The minimum atomic E-state index is 0.0630. The predicted octanol–water partition coefficient (Wildman–Crippen LogP) is 6.44. The second-order valence-electron chi connectivity index (χ2n) is 9.76. The summed E-state index contributed by atoms with van der Waals surface area (Å²) in [4.78, 5) is 15.7. The number of benzene rings is 4. The van der Waals surface area contributed by atoms with Crippen LogP contribution in [-0.4, -0.2) is 30.4 Å². The lowest BCUT2D eigenvalue weighted by molar-refractivity contribution is -0.121. The molecule has 1 unspecified atom stereocenters. The van der Waals surface area contributed by atoms with Gasteiger partial charge in [0.05, 0.1) is 6.04 Å². The molecule has 1 atom stereocenters. The fourth-order valence-corrected chi connectivity index (χ4v) is 5.46. The van der Waals surface area contributed by atoms with E-state index in [1.807, 2.05) is 36.4 Å². The van der Waals surface area contributed by atoms with Crippen molar-refractivity contribution in [2.45, 2.75) is 24.8 Å². The highest BCUT2D eigenvalue weighted by Crippen LogP contribution is 2.33. The smallest absolute Gasteiger partial charge is 0.220 e. The first-order valence-corrected chi connectivity index (χ1v) is 13.0. The molecule has 36 heavy (non-hydrogen) atoms. The van der Waals surface area contributed by atoms with Crippen LogP contribution in [0.2, 0.25) is 0 Å². The van der Waals surface area contributed by atoms with Crippen molar-refractivity contribution in [3.05, 3.63) is 144 Å². The third kappa shape index (κ3) is 5.92. The topological polar surface area (TPSA) is 32.3 Å². The third-order valence-corrected chi connectivity index (χ3v) is 7.29. The maximum absolute atomic E-state index is 13.1. The van der Waals surface area contributed by atoms with E-state index >= 15 is 0 Å². The van der Waals surface area contributed by atoms with Gasteiger partial charge in [-0.2, -0.15) is 0 Å². The van der Waals surface area contributed by atoms with Gasteiger partial charge in [0.2, 0.25) is 5.91 Å². The Hall–Kier alpha value is -3.69. The molecule has 0 bridgehead atoms. The van der Waals surface area contributed by atoms with Crippen molar-refractivity contribution < 1.29 is 4.79 Å². The average molecular weight is 475 g/mol. The van der Waals surface area contributed by atoms with Gasteiger partial charge in [0.1, 0.15) is 0 Å². The molecule has 0 radical (unpaired) electrons. The van der Waals surface area contributed by atoms with Crippen LogP contribution in [0.25, 0.3) is 0 Å². The van der Waals surface area contributed by atoms with Crippen molar-refractivity contribution in [2.24, 2.45) is 5.92 Å². The van der Waals surface area contributed by atoms with Crippen LogP contribution in [0.4, 0.5) is 0 Å². The minimum Gasteiger partial charge on any atom is -0.356 e. The van der Waals surface area contributed by atoms with Crippen molar-refractivity contribution in [1.82, 2.24) is 10.2 Å². The normalized spacial score (nSPS) is 15.9. The molecule has 1 amide bonds. The summed E-state index contributed by atoms with van der Waals surface area (Å²) < 4.78 is 0. The van der Waals surface area contributed by atoms with Gasteiger partial charge in [-0.3, -0.25) is 9.69 Å². The lowest BCUT2D eigenvalue weighted by Crippen LogP contribution is -2.33.